The Morgan fingerprint density at radius 1 is 1.33 bits per heavy atom. The van der Waals surface area contributed by atoms with Gasteiger partial charge in [0.25, 0.3) is 0 Å². The highest BCUT2D eigenvalue weighted by molar-refractivity contribution is 5.88. The number of nitrogens with zero attached hydrogens (tertiary/aromatic N) is 1. The molecule has 3 aliphatic rings. The van der Waals surface area contributed by atoms with Crippen LogP contribution in [-0.2, 0) is 9.53 Å². The molecule has 1 amide bonds. The lowest BCUT2D eigenvalue weighted by molar-refractivity contribution is -0.134. The van der Waals surface area contributed by atoms with Gasteiger partial charge < -0.3 is 9.64 Å². The van der Waals surface area contributed by atoms with E-state index in [0.717, 1.165) is 26.0 Å². The summed E-state index contributed by atoms with van der Waals surface area (Å²) in [6.07, 6.45) is 7.64. The maximum atomic E-state index is 12.9. The quantitative estimate of drug-likeness (QED) is 0.866. The van der Waals surface area contributed by atoms with Crippen LogP contribution in [0.25, 0.3) is 0 Å². The molecule has 4 nitrogen and oxygen atoms in total. The van der Waals surface area contributed by atoms with Gasteiger partial charge >= 0.3 is 0 Å². The van der Waals surface area contributed by atoms with Crippen molar-refractivity contribution in [3.05, 3.63) is 0 Å². The number of amides is 1. The molecule has 4 heteroatoms. The number of carbonyl (C=O) groups is 1. The van der Waals surface area contributed by atoms with Gasteiger partial charge in [-0.05, 0) is 45.4 Å². The molecule has 4 unspecified atom stereocenters. The fourth-order valence-corrected chi connectivity index (χ4v) is 4.27. The summed E-state index contributed by atoms with van der Waals surface area (Å²) in [4.78, 5) is 15.1. The third kappa shape index (κ3) is 2.72. The number of ether oxygens (including phenoxy) is 1. The van der Waals surface area contributed by atoms with Crippen LogP contribution in [0.4, 0.5) is 0 Å². The smallest absolute Gasteiger partial charge is 0.243 e. The van der Waals surface area contributed by atoms with Crippen LogP contribution in [-0.4, -0.2) is 41.8 Å². The molecule has 21 heavy (non-hydrogen) atoms. The highest BCUT2D eigenvalue weighted by atomic mass is 16.5. The van der Waals surface area contributed by atoms with Crippen molar-refractivity contribution in [1.29, 1.82) is 0 Å². The summed E-state index contributed by atoms with van der Waals surface area (Å²) in [5, 5.41) is 3.68. The standard InChI is InChI=1S/C17H30N2O2/c1-4-17(3)16(20)19(11-14-9-10-21-12(14)2)15(18-17)13-7-5-6-8-13/h12-15,18H,4-11H2,1-3H3. The maximum absolute atomic E-state index is 12.9. The minimum atomic E-state index is -0.365. The number of hydrogen-bond donors (Lipinski definition) is 1. The predicted molar refractivity (Wildman–Crippen MR) is 82.8 cm³/mol. The third-order valence-corrected chi connectivity index (χ3v) is 6.05. The Bertz CT molecular complexity index is 394. The molecule has 0 radical (unpaired) electrons. The summed E-state index contributed by atoms with van der Waals surface area (Å²) in [5.74, 6) is 1.44. The van der Waals surface area contributed by atoms with Crippen LogP contribution in [0.2, 0.25) is 0 Å². The zero-order valence-corrected chi connectivity index (χ0v) is 13.7. The minimum Gasteiger partial charge on any atom is -0.378 e. The van der Waals surface area contributed by atoms with Crippen LogP contribution in [0.1, 0.15) is 59.3 Å². The SMILES string of the molecule is CCC1(C)NC(C2CCCC2)N(CC2CCOC2C)C1=O. The van der Waals surface area contributed by atoms with Crippen LogP contribution in [0.3, 0.4) is 0 Å². The molecule has 0 aromatic heterocycles. The largest absolute Gasteiger partial charge is 0.378 e. The van der Waals surface area contributed by atoms with Gasteiger partial charge in [-0.3, -0.25) is 10.1 Å². The first-order valence-corrected chi connectivity index (χ1v) is 8.75. The molecule has 1 aliphatic carbocycles. The van der Waals surface area contributed by atoms with Gasteiger partial charge in [-0.15, -0.1) is 0 Å². The van der Waals surface area contributed by atoms with Crippen LogP contribution in [0, 0.1) is 11.8 Å². The molecule has 1 N–H and O–H groups in total. The van der Waals surface area contributed by atoms with Gasteiger partial charge in [-0.25, -0.2) is 0 Å². The lowest BCUT2D eigenvalue weighted by Crippen LogP contribution is -2.46. The molecule has 4 atom stereocenters. The van der Waals surface area contributed by atoms with E-state index in [1.54, 1.807) is 0 Å². The number of hydrogen-bond acceptors (Lipinski definition) is 3. The number of nitrogens with one attached hydrogen (secondary N) is 1. The summed E-state index contributed by atoms with van der Waals surface area (Å²) in [5.41, 5.74) is -0.365. The summed E-state index contributed by atoms with van der Waals surface area (Å²) < 4.78 is 5.69. The average Bonchev–Trinajstić information content (AvgIpc) is 3.17. The van der Waals surface area contributed by atoms with E-state index >= 15 is 0 Å². The zero-order valence-electron chi connectivity index (χ0n) is 13.7. The zero-order chi connectivity index (χ0) is 15.0. The van der Waals surface area contributed by atoms with Crippen LogP contribution in [0.15, 0.2) is 0 Å². The van der Waals surface area contributed by atoms with Crippen molar-refractivity contribution < 1.29 is 9.53 Å². The second-order valence-corrected chi connectivity index (χ2v) is 7.40. The average molecular weight is 294 g/mol. The summed E-state index contributed by atoms with van der Waals surface area (Å²) in [6.45, 7) is 8.05. The van der Waals surface area contributed by atoms with Gasteiger partial charge in [0.2, 0.25) is 5.91 Å². The highest BCUT2D eigenvalue weighted by Crippen LogP contribution is 2.36. The first-order valence-electron chi connectivity index (χ1n) is 8.75. The Hall–Kier alpha value is -0.610. The molecular weight excluding hydrogens is 264 g/mol. The van der Waals surface area contributed by atoms with Crippen LogP contribution < -0.4 is 5.32 Å². The molecule has 2 heterocycles. The molecule has 2 aliphatic heterocycles. The maximum Gasteiger partial charge on any atom is 0.243 e. The van der Waals surface area contributed by atoms with E-state index in [2.05, 4.69) is 31.0 Å². The van der Waals surface area contributed by atoms with Crippen LogP contribution >= 0.6 is 0 Å². The van der Waals surface area contributed by atoms with E-state index in [1.165, 1.54) is 25.7 Å². The van der Waals surface area contributed by atoms with Crippen molar-refractivity contribution in [1.82, 2.24) is 10.2 Å². The topological polar surface area (TPSA) is 41.6 Å². The molecular formula is C17H30N2O2. The lowest BCUT2D eigenvalue weighted by Gasteiger charge is -2.31. The Kier molecular flexibility index (Phi) is 4.28. The lowest BCUT2D eigenvalue weighted by atomic mass is 9.98. The van der Waals surface area contributed by atoms with Crippen molar-refractivity contribution in [2.45, 2.75) is 77.1 Å². The minimum absolute atomic E-state index is 0.248. The van der Waals surface area contributed by atoms with E-state index in [0.29, 0.717) is 17.7 Å². The fourth-order valence-electron chi connectivity index (χ4n) is 4.27. The Labute approximate surface area is 128 Å². The predicted octanol–water partition coefficient (Wildman–Crippen LogP) is 2.53. The Morgan fingerprint density at radius 2 is 2.05 bits per heavy atom. The van der Waals surface area contributed by atoms with E-state index in [1.807, 2.05) is 0 Å². The molecule has 3 fully saturated rings. The number of carbonyl (C=O) groups excluding carboxylic acids is 1. The van der Waals surface area contributed by atoms with Gasteiger partial charge in [0.1, 0.15) is 0 Å². The van der Waals surface area contributed by atoms with Gasteiger partial charge in [0.15, 0.2) is 0 Å². The summed E-state index contributed by atoms with van der Waals surface area (Å²) in [7, 11) is 0. The summed E-state index contributed by atoms with van der Waals surface area (Å²) in [6, 6.07) is 0. The molecule has 0 bridgehead atoms. The van der Waals surface area contributed by atoms with Gasteiger partial charge in [0.05, 0.1) is 17.8 Å². The fraction of sp³-hybridized carbons (Fsp3) is 0.941. The van der Waals surface area contributed by atoms with Crippen LogP contribution in [0.5, 0.6) is 0 Å². The first-order chi connectivity index (χ1) is 10.0. The molecule has 2 saturated heterocycles. The van der Waals surface area contributed by atoms with Crippen molar-refractivity contribution in [2.24, 2.45) is 11.8 Å². The first kappa shape index (κ1) is 15.3. The molecule has 0 spiro atoms. The monoisotopic (exact) mass is 294 g/mol. The molecule has 120 valence electrons. The van der Waals surface area contributed by atoms with Crippen molar-refractivity contribution in [2.75, 3.05) is 13.2 Å². The third-order valence-electron chi connectivity index (χ3n) is 6.05. The van der Waals surface area contributed by atoms with E-state index in [-0.39, 0.29) is 17.8 Å². The second-order valence-electron chi connectivity index (χ2n) is 7.40. The molecule has 1 saturated carbocycles. The Morgan fingerprint density at radius 3 is 2.62 bits per heavy atom. The van der Waals surface area contributed by atoms with Gasteiger partial charge in [0, 0.05) is 19.1 Å². The molecule has 0 aromatic rings. The van der Waals surface area contributed by atoms with Gasteiger partial charge in [-0.2, -0.15) is 0 Å². The van der Waals surface area contributed by atoms with E-state index in [4.69, 9.17) is 4.74 Å². The van der Waals surface area contributed by atoms with E-state index < -0.39 is 0 Å². The second kappa shape index (κ2) is 5.88. The van der Waals surface area contributed by atoms with Crippen molar-refractivity contribution >= 4 is 5.91 Å². The highest BCUT2D eigenvalue weighted by Gasteiger charge is 2.50. The van der Waals surface area contributed by atoms with Crippen molar-refractivity contribution in [3.63, 3.8) is 0 Å². The number of rotatable bonds is 4. The molecule has 3 rings (SSSR count). The van der Waals surface area contributed by atoms with Crippen molar-refractivity contribution in [3.8, 4) is 0 Å². The van der Waals surface area contributed by atoms with E-state index in [9.17, 15) is 4.79 Å². The Balaban J connectivity index is 1.77. The van der Waals surface area contributed by atoms with Gasteiger partial charge in [-0.1, -0.05) is 19.8 Å². The summed E-state index contributed by atoms with van der Waals surface area (Å²) >= 11 is 0. The normalized spacial score (nSPS) is 41.4. The molecule has 0 aromatic carbocycles.